The zero-order valence-corrected chi connectivity index (χ0v) is 17.4. The largest absolute Gasteiger partial charge is 0.529 e. The van der Waals surface area contributed by atoms with E-state index in [0.29, 0.717) is 6.42 Å². The van der Waals surface area contributed by atoms with E-state index < -0.39 is 36.9 Å². The molecule has 0 aliphatic heterocycles. The molecule has 160 valence electrons. The predicted octanol–water partition coefficient (Wildman–Crippen LogP) is 1.44. The van der Waals surface area contributed by atoms with Gasteiger partial charge in [0.1, 0.15) is 12.6 Å². The van der Waals surface area contributed by atoms with Gasteiger partial charge in [-0.25, -0.2) is 4.79 Å². The molecule has 0 unspecified atom stereocenters. The van der Waals surface area contributed by atoms with Crippen LogP contribution in [0.5, 0.6) is 0 Å². The van der Waals surface area contributed by atoms with Gasteiger partial charge in [0.25, 0.3) is 0 Å². The van der Waals surface area contributed by atoms with Gasteiger partial charge in [0, 0.05) is 0 Å². The Morgan fingerprint density at radius 2 is 1.48 bits per heavy atom. The summed E-state index contributed by atoms with van der Waals surface area (Å²) in [5.41, 5.74) is -0.0750. The topological polar surface area (TPSA) is 125 Å². The Kier molecular flexibility index (Phi) is 10.4. The molecular weight excluding hydrogens is 375 g/mol. The Balaban J connectivity index is 2.76. The van der Waals surface area contributed by atoms with E-state index >= 15 is 0 Å². The number of alkyl carbamates (subject to hydrolysis) is 1. The Morgan fingerprint density at radius 1 is 0.931 bits per heavy atom. The van der Waals surface area contributed by atoms with Crippen LogP contribution in [0.25, 0.3) is 0 Å². The van der Waals surface area contributed by atoms with Crippen molar-refractivity contribution in [3.63, 3.8) is 0 Å². The Morgan fingerprint density at radius 3 is 2.00 bits per heavy atom. The van der Waals surface area contributed by atoms with Crippen molar-refractivity contribution in [1.82, 2.24) is 10.6 Å². The monoisotopic (exact) mass is 406 g/mol. The van der Waals surface area contributed by atoms with Crippen LogP contribution in [0.15, 0.2) is 30.3 Å². The van der Waals surface area contributed by atoms with Gasteiger partial charge < -0.3 is 30.2 Å². The first-order chi connectivity index (χ1) is 13.6. The second-order valence-corrected chi connectivity index (χ2v) is 7.85. The maximum Gasteiger partial charge on any atom is 0.529 e. The number of carbonyl (C=O) groups is 3. The lowest BCUT2D eigenvalue weighted by molar-refractivity contribution is -0.127. The molecule has 2 amide bonds. The first-order valence-corrected chi connectivity index (χ1v) is 9.77. The molecule has 0 aromatic heterocycles. The van der Waals surface area contributed by atoms with E-state index in [9.17, 15) is 24.4 Å². The molecule has 1 rings (SSSR count). The standard InChI is InChI=1S/C20H31BN2O6/c1-13(2)10-16(18(24)21(27)28)22-19(25)17(11-14(3)4)23-20(26)29-12-15-8-6-5-7-9-15/h5-9,13-14,16-17,27-28H,10-12H2,1-4H3,(H,22,25)(H,23,26)/t16-,17-/m0/s1. The number of carbonyl (C=O) groups excluding carboxylic acids is 3. The summed E-state index contributed by atoms with van der Waals surface area (Å²) >= 11 is 0. The van der Waals surface area contributed by atoms with E-state index in [1.54, 1.807) is 0 Å². The zero-order valence-electron chi connectivity index (χ0n) is 17.4. The number of hydrogen-bond donors (Lipinski definition) is 4. The molecule has 0 bridgehead atoms. The molecule has 0 spiro atoms. The van der Waals surface area contributed by atoms with Gasteiger partial charge in [-0.3, -0.25) is 4.79 Å². The van der Waals surface area contributed by atoms with E-state index in [2.05, 4.69) is 10.6 Å². The molecule has 1 aromatic carbocycles. The van der Waals surface area contributed by atoms with E-state index in [1.165, 1.54) is 0 Å². The van der Waals surface area contributed by atoms with Crippen molar-refractivity contribution in [1.29, 1.82) is 0 Å². The minimum atomic E-state index is -2.17. The molecule has 0 heterocycles. The normalized spacial score (nSPS) is 13.0. The second kappa shape index (κ2) is 12.2. The summed E-state index contributed by atoms with van der Waals surface area (Å²) in [6, 6.07) is 7.16. The first-order valence-electron chi connectivity index (χ1n) is 9.77. The lowest BCUT2D eigenvalue weighted by Crippen LogP contribution is -2.54. The SMILES string of the molecule is CC(C)C[C@H](NC(=O)OCc1ccccc1)C(=O)N[C@@H](CC(C)C)C(=O)B(O)O. The van der Waals surface area contributed by atoms with Crippen LogP contribution in [0.1, 0.15) is 46.1 Å². The van der Waals surface area contributed by atoms with Crippen LogP contribution in [0.4, 0.5) is 4.79 Å². The molecule has 9 heteroatoms. The minimum Gasteiger partial charge on any atom is -0.445 e. The molecule has 0 saturated carbocycles. The summed E-state index contributed by atoms with van der Waals surface area (Å²) in [5.74, 6) is -0.451. The average molecular weight is 406 g/mol. The van der Waals surface area contributed by atoms with Crippen molar-refractivity contribution in [2.45, 2.75) is 59.2 Å². The molecule has 1 aromatic rings. The summed E-state index contributed by atoms with van der Waals surface area (Å²) in [6.07, 6.45) is -0.172. The molecule has 29 heavy (non-hydrogen) atoms. The van der Waals surface area contributed by atoms with Crippen molar-refractivity contribution in [3.05, 3.63) is 35.9 Å². The van der Waals surface area contributed by atoms with Crippen molar-refractivity contribution in [2.75, 3.05) is 0 Å². The van der Waals surface area contributed by atoms with Gasteiger partial charge in [-0.2, -0.15) is 0 Å². The van der Waals surface area contributed by atoms with Crippen LogP contribution >= 0.6 is 0 Å². The van der Waals surface area contributed by atoms with Crippen LogP contribution in [0.3, 0.4) is 0 Å². The molecule has 0 aliphatic rings. The quantitative estimate of drug-likeness (QED) is 0.412. The summed E-state index contributed by atoms with van der Waals surface area (Å²) in [7, 11) is -2.17. The van der Waals surface area contributed by atoms with Gasteiger partial charge in [0.2, 0.25) is 5.91 Å². The fourth-order valence-electron chi connectivity index (χ4n) is 2.78. The smallest absolute Gasteiger partial charge is 0.445 e. The van der Waals surface area contributed by atoms with Crippen molar-refractivity contribution in [2.24, 2.45) is 11.8 Å². The Hall–Kier alpha value is -2.39. The number of rotatable bonds is 11. The fraction of sp³-hybridized carbons (Fsp3) is 0.550. The highest BCUT2D eigenvalue weighted by atomic mass is 16.5. The van der Waals surface area contributed by atoms with Crippen LogP contribution in [0, 0.1) is 11.8 Å². The number of benzene rings is 1. The Bertz CT molecular complexity index is 666. The summed E-state index contributed by atoms with van der Waals surface area (Å²) in [5, 5.41) is 23.5. The third kappa shape index (κ3) is 9.58. The summed E-state index contributed by atoms with van der Waals surface area (Å²) < 4.78 is 5.17. The van der Waals surface area contributed by atoms with Gasteiger partial charge in [-0.15, -0.1) is 0 Å². The molecule has 0 fully saturated rings. The van der Waals surface area contributed by atoms with Crippen LogP contribution < -0.4 is 10.6 Å². The number of nitrogens with one attached hydrogen (secondary N) is 2. The third-order valence-electron chi connectivity index (χ3n) is 4.15. The number of amides is 2. The van der Waals surface area contributed by atoms with Crippen LogP contribution in [-0.2, 0) is 20.9 Å². The van der Waals surface area contributed by atoms with E-state index in [0.717, 1.165) is 5.56 Å². The minimum absolute atomic E-state index is 0.0374. The molecule has 8 nitrogen and oxygen atoms in total. The van der Waals surface area contributed by atoms with Crippen LogP contribution in [0.2, 0.25) is 0 Å². The Labute approximate surface area is 172 Å². The van der Waals surface area contributed by atoms with Crippen molar-refractivity contribution < 1.29 is 29.2 Å². The van der Waals surface area contributed by atoms with Crippen LogP contribution in [-0.4, -0.2) is 46.9 Å². The average Bonchev–Trinajstić information content (AvgIpc) is 2.64. The lowest BCUT2D eigenvalue weighted by atomic mass is 9.77. The molecule has 4 N–H and O–H groups in total. The van der Waals surface area contributed by atoms with Gasteiger partial charge >= 0.3 is 13.2 Å². The number of ether oxygens (including phenoxy) is 1. The zero-order chi connectivity index (χ0) is 22.0. The first kappa shape index (κ1) is 24.7. The van der Waals surface area contributed by atoms with Gasteiger partial charge in [0.05, 0.1) is 6.04 Å². The van der Waals surface area contributed by atoms with E-state index in [4.69, 9.17) is 4.74 Å². The second-order valence-electron chi connectivity index (χ2n) is 7.85. The highest BCUT2D eigenvalue weighted by molar-refractivity contribution is 6.79. The summed E-state index contributed by atoms with van der Waals surface area (Å²) in [6.45, 7) is 7.55. The van der Waals surface area contributed by atoms with E-state index in [-0.39, 0.29) is 24.9 Å². The molecular formula is C20H31BN2O6. The van der Waals surface area contributed by atoms with Crippen molar-refractivity contribution in [3.8, 4) is 0 Å². The number of hydrogen-bond acceptors (Lipinski definition) is 6. The van der Waals surface area contributed by atoms with Crippen molar-refractivity contribution >= 4 is 24.8 Å². The van der Waals surface area contributed by atoms with Gasteiger partial charge in [-0.1, -0.05) is 58.0 Å². The molecule has 2 atom stereocenters. The van der Waals surface area contributed by atoms with Gasteiger partial charge in [-0.05, 0) is 30.2 Å². The van der Waals surface area contributed by atoms with Gasteiger partial charge in [0.15, 0.2) is 5.68 Å². The third-order valence-corrected chi connectivity index (χ3v) is 4.15. The van der Waals surface area contributed by atoms with E-state index in [1.807, 2.05) is 58.0 Å². The maximum atomic E-state index is 12.7. The highest BCUT2D eigenvalue weighted by Gasteiger charge is 2.33. The summed E-state index contributed by atoms with van der Waals surface area (Å²) in [4.78, 5) is 36.9. The fourth-order valence-corrected chi connectivity index (χ4v) is 2.78. The highest BCUT2D eigenvalue weighted by Crippen LogP contribution is 2.10. The molecule has 0 saturated heterocycles. The predicted molar refractivity (Wildman–Crippen MR) is 110 cm³/mol. The lowest BCUT2D eigenvalue weighted by Gasteiger charge is -2.24. The molecule has 0 aliphatic carbocycles. The molecule has 0 radical (unpaired) electrons. The maximum absolute atomic E-state index is 12.7.